The number of thioether (sulfide) groups is 1. The summed E-state index contributed by atoms with van der Waals surface area (Å²) in [4.78, 5) is 18.9. The number of aliphatic imine (C=N–C) groups is 1. The lowest BCUT2D eigenvalue weighted by molar-refractivity contribution is -0.117. The lowest BCUT2D eigenvalue weighted by Gasteiger charge is -2.25. The van der Waals surface area contributed by atoms with Crippen molar-refractivity contribution in [3.8, 4) is 5.75 Å². The molecule has 2 fully saturated rings. The Hall–Kier alpha value is -2.03. The Morgan fingerprint density at radius 2 is 1.93 bits per heavy atom. The molecule has 1 amide bonds. The lowest BCUT2D eigenvalue weighted by Crippen LogP contribution is -2.38. The van der Waals surface area contributed by atoms with E-state index in [1.54, 1.807) is 19.2 Å². The van der Waals surface area contributed by atoms with E-state index in [1.807, 2.05) is 41.3 Å². The standard InChI is InChI=1S/C20H19ClN2O4S2/c1-27-17-9-5-2-6-13(17)10-19(24)22-20-23(15-8-4-3-7-14(15)21)16-11-29(25,26)12-18(16)28-20/h2-9,16,18H,10-12H2,1H3/t16-,18+/m0/s1. The number of carbonyl (C=O) groups excluding carboxylic acids is 1. The average Bonchev–Trinajstić information content (AvgIpc) is 3.13. The molecule has 0 aromatic heterocycles. The van der Waals surface area contributed by atoms with Crippen LogP contribution in [0, 0.1) is 0 Å². The summed E-state index contributed by atoms with van der Waals surface area (Å²) in [5.41, 5.74) is 1.41. The predicted octanol–water partition coefficient (Wildman–Crippen LogP) is 3.19. The maximum Gasteiger partial charge on any atom is 0.252 e. The monoisotopic (exact) mass is 450 g/mol. The molecule has 6 nitrogen and oxygen atoms in total. The zero-order valence-corrected chi connectivity index (χ0v) is 18.0. The number of anilines is 1. The van der Waals surface area contributed by atoms with Gasteiger partial charge in [-0.05, 0) is 18.2 Å². The number of amidine groups is 1. The van der Waals surface area contributed by atoms with Crippen LogP contribution in [0.5, 0.6) is 5.75 Å². The predicted molar refractivity (Wildman–Crippen MR) is 117 cm³/mol. The van der Waals surface area contributed by atoms with Crippen molar-refractivity contribution in [1.82, 2.24) is 0 Å². The van der Waals surface area contributed by atoms with Crippen molar-refractivity contribution >= 4 is 50.0 Å². The van der Waals surface area contributed by atoms with E-state index in [0.29, 0.717) is 21.6 Å². The van der Waals surface area contributed by atoms with Crippen LogP contribution in [0.3, 0.4) is 0 Å². The second-order valence-electron chi connectivity index (χ2n) is 6.90. The van der Waals surface area contributed by atoms with Gasteiger partial charge in [0.05, 0.1) is 41.8 Å². The fourth-order valence-electron chi connectivity index (χ4n) is 3.65. The molecule has 0 N–H and O–H groups in total. The first-order valence-electron chi connectivity index (χ1n) is 9.02. The molecule has 2 aromatic carbocycles. The van der Waals surface area contributed by atoms with E-state index in [1.165, 1.54) is 11.8 Å². The second-order valence-corrected chi connectivity index (χ2v) is 10.7. The number of benzene rings is 2. The molecule has 0 unspecified atom stereocenters. The summed E-state index contributed by atoms with van der Waals surface area (Å²) in [6, 6.07) is 14.2. The van der Waals surface area contributed by atoms with Gasteiger partial charge in [0.25, 0.3) is 5.91 Å². The van der Waals surface area contributed by atoms with Gasteiger partial charge in [0, 0.05) is 10.8 Å². The van der Waals surface area contributed by atoms with Crippen molar-refractivity contribution in [3.63, 3.8) is 0 Å². The van der Waals surface area contributed by atoms with Crippen LogP contribution in [-0.2, 0) is 21.1 Å². The SMILES string of the molecule is COc1ccccc1CC(=O)N=C1S[C@@H]2CS(=O)(=O)C[C@@H]2N1c1ccccc1Cl. The van der Waals surface area contributed by atoms with Crippen LogP contribution in [0.15, 0.2) is 53.5 Å². The molecule has 9 heteroatoms. The maximum absolute atomic E-state index is 12.7. The molecule has 0 saturated carbocycles. The molecule has 2 saturated heterocycles. The number of sulfone groups is 1. The Bertz CT molecular complexity index is 1090. The lowest BCUT2D eigenvalue weighted by atomic mass is 10.1. The van der Waals surface area contributed by atoms with Crippen molar-refractivity contribution < 1.29 is 17.9 Å². The molecule has 2 aromatic rings. The van der Waals surface area contributed by atoms with E-state index >= 15 is 0 Å². The molecular formula is C20H19ClN2O4S2. The van der Waals surface area contributed by atoms with Crippen LogP contribution in [0.4, 0.5) is 5.69 Å². The summed E-state index contributed by atoms with van der Waals surface area (Å²) in [5.74, 6) is 0.404. The number of rotatable bonds is 4. The van der Waals surface area contributed by atoms with E-state index in [9.17, 15) is 13.2 Å². The number of hydrogen-bond acceptors (Lipinski definition) is 5. The number of para-hydroxylation sites is 2. The molecule has 152 valence electrons. The zero-order valence-electron chi connectivity index (χ0n) is 15.6. The van der Waals surface area contributed by atoms with Gasteiger partial charge in [-0.3, -0.25) is 4.79 Å². The maximum atomic E-state index is 12.7. The first kappa shape index (κ1) is 20.3. The van der Waals surface area contributed by atoms with Crippen molar-refractivity contribution in [2.24, 2.45) is 4.99 Å². The van der Waals surface area contributed by atoms with Gasteiger partial charge in [0.15, 0.2) is 15.0 Å². The van der Waals surface area contributed by atoms with Gasteiger partial charge < -0.3 is 9.64 Å². The number of amides is 1. The number of nitrogens with zero attached hydrogens (tertiary/aromatic N) is 2. The first-order chi connectivity index (χ1) is 13.9. The number of fused-ring (bicyclic) bond motifs is 1. The molecule has 2 atom stereocenters. The first-order valence-corrected chi connectivity index (χ1v) is 12.1. The quantitative estimate of drug-likeness (QED) is 0.712. The third-order valence-electron chi connectivity index (χ3n) is 4.93. The van der Waals surface area contributed by atoms with Crippen molar-refractivity contribution in [2.45, 2.75) is 17.7 Å². The highest BCUT2D eigenvalue weighted by Gasteiger charge is 2.49. The smallest absolute Gasteiger partial charge is 0.252 e. The normalized spacial score (nSPS) is 23.9. The van der Waals surface area contributed by atoms with Gasteiger partial charge in [0.1, 0.15) is 5.75 Å². The van der Waals surface area contributed by atoms with Crippen LogP contribution in [0.2, 0.25) is 5.02 Å². The second kappa shape index (κ2) is 8.01. The van der Waals surface area contributed by atoms with Crippen molar-refractivity contribution in [1.29, 1.82) is 0 Å². The molecule has 2 aliphatic heterocycles. The Balaban J connectivity index is 1.66. The van der Waals surface area contributed by atoms with Gasteiger partial charge in [-0.1, -0.05) is 53.7 Å². The summed E-state index contributed by atoms with van der Waals surface area (Å²) in [7, 11) is -1.57. The number of halogens is 1. The highest BCUT2D eigenvalue weighted by atomic mass is 35.5. The van der Waals surface area contributed by atoms with Gasteiger partial charge in [-0.15, -0.1) is 0 Å². The minimum atomic E-state index is -3.13. The van der Waals surface area contributed by atoms with E-state index in [4.69, 9.17) is 16.3 Å². The minimum absolute atomic E-state index is 0.0234. The number of hydrogen-bond donors (Lipinski definition) is 0. The topological polar surface area (TPSA) is 76.0 Å². The van der Waals surface area contributed by atoms with Gasteiger partial charge in [-0.25, -0.2) is 8.42 Å². The Morgan fingerprint density at radius 3 is 2.69 bits per heavy atom. The summed E-state index contributed by atoms with van der Waals surface area (Å²) >= 11 is 7.71. The largest absolute Gasteiger partial charge is 0.496 e. The molecule has 29 heavy (non-hydrogen) atoms. The zero-order chi connectivity index (χ0) is 20.6. The summed E-state index contributed by atoms with van der Waals surface area (Å²) in [6.45, 7) is 0. The van der Waals surface area contributed by atoms with Crippen molar-refractivity contribution in [2.75, 3.05) is 23.5 Å². The molecule has 0 radical (unpaired) electrons. The molecule has 4 rings (SSSR count). The average molecular weight is 451 g/mol. The minimum Gasteiger partial charge on any atom is -0.496 e. The van der Waals surface area contributed by atoms with E-state index in [-0.39, 0.29) is 35.1 Å². The van der Waals surface area contributed by atoms with E-state index in [2.05, 4.69) is 4.99 Å². The third-order valence-corrected chi connectivity index (χ3v) is 8.46. The van der Waals surface area contributed by atoms with Crippen molar-refractivity contribution in [3.05, 3.63) is 59.1 Å². The van der Waals surface area contributed by atoms with Gasteiger partial charge >= 0.3 is 0 Å². The van der Waals surface area contributed by atoms with Gasteiger partial charge in [0.2, 0.25) is 0 Å². The van der Waals surface area contributed by atoms with Crippen LogP contribution in [-0.4, -0.2) is 49.4 Å². The van der Waals surface area contributed by atoms with Crippen LogP contribution >= 0.6 is 23.4 Å². The van der Waals surface area contributed by atoms with E-state index < -0.39 is 9.84 Å². The summed E-state index contributed by atoms with van der Waals surface area (Å²) in [6.07, 6.45) is 0.0953. The molecule has 2 aliphatic rings. The highest BCUT2D eigenvalue weighted by molar-refractivity contribution is 8.16. The molecule has 0 bridgehead atoms. The number of methoxy groups -OCH3 is 1. The van der Waals surface area contributed by atoms with Crippen LogP contribution in [0.1, 0.15) is 5.56 Å². The molecule has 0 spiro atoms. The number of carbonyl (C=O) groups is 1. The third kappa shape index (κ3) is 4.15. The van der Waals surface area contributed by atoms with Gasteiger partial charge in [-0.2, -0.15) is 4.99 Å². The Kier molecular flexibility index (Phi) is 5.59. The van der Waals surface area contributed by atoms with Crippen LogP contribution in [0.25, 0.3) is 0 Å². The fourth-order valence-corrected chi connectivity index (χ4v) is 7.80. The summed E-state index contributed by atoms with van der Waals surface area (Å²) < 4.78 is 29.6. The Morgan fingerprint density at radius 1 is 1.21 bits per heavy atom. The Labute approximate surface area is 178 Å². The highest BCUT2D eigenvalue weighted by Crippen LogP contribution is 2.43. The van der Waals surface area contributed by atoms with E-state index in [0.717, 1.165) is 5.56 Å². The molecule has 2 heterocycles. The molecular weight excluding hydrogens is 432 g/mol. The fraction of sp³-hybridized carbons (Fsp3) is 0.300. The van der Waals surface area contributed by atoms with Crippen LogP contribution < -0.4 is 9.64 Å². The summed E-state index contributed by atoms with van der Waals surface area (Å²) in [5, 5.41) is 0.805. The number of ether oxygens (including phenoxy) is 1. The molecule has 0 aliphatic carbocycles.